The van der Waals surface area contributed by atoms with E-state index in [0.29, 0.717) is 11.1 Å². The van der Waals surface area contributed by atoms with E-state index in [4.69, 9.17) is 11.6 Å². The second-order valence-electron chi connectivity index (χ2n) is 6.28. The molecule has 0 saturated carbocycles. The van der Waals surface area contributed by atoms with Crippen molar-refractivity contribution in [3.63, 3.8) is 0 Å². The Hall–Kier alpha value is -2.58. The summed E-state index contributed by atoms with van der Waals surface area (Å²) in [5.74, 6) is -5.74. The number of carbonyl (C=O) groups excluding carboxylic acids is 2. The second-order valence-corrected chi connectivity index (χ2v) is 6.69. The number of carbonyl (C=O) groups is 2. The Morgan fingerprint density at radius 2 is 1.75 bits per heavy atom. The van der Waals surface area contributed by atoms with Gasteiger partial charge in [-0.25, -0.2) is 13.2 Å². The number of halogens is 4. The van der Waals surface area contributed by atoms with Crippen LogP contribution in [-0.2, 0) is 9.59 Å². The maximum atomic E-state index is 13.6. The highest BCUT2D eigenvalue weighted by Gasteiger charge is 2.22. The van der Waals surface area contributed by atoms with Gasteiger partial charge in [-0.3, -0.25) is 9.59 Å². The Kier molecular flexibility index (Phi) is 7.42. The molecule has 28 heavy (non-hydrogen) atoms. The molecule has 0 radical (unpaired) electrons. The molecular weight excluding hydrogens is 395 g/mol. The van der Waals surface area contributed by atoms with Gasteiger partial charge >= 0.3 is 0 Å². The molecule has 0 fully saturated rings. The summed E-state index contributed by atoms with van der Waals surface area (Å²) < 4.78 is 39.6. The van der Waals surface area contributed by atoms with Gasteiger partial charge in [-0.2, -0.15) is 0 Å². The van der Waals surface area contributed by atoms with Crippen LogP contribution in [0.5, 0.6) is 0 Å². The molecule has 4 N–H and O–H groups in total. The minimum atomic E-state index is -1.68. The molecule has 0 aliphatic carbocycles. The summed E-state index contributed by atoms with van der Waals surface area (Å²) in [7, 11) is 0. The van der Waals surface area contributed by atoms with Crippen molar-refractivity contribution in [3.05, 3.63) is 64.4 Å². The van der Waals surface area contributed by atoms with Gasteiger partial charge < -0.3 is 16.0 Å². The molecule has 2 rings (SSSR count). The third kappa shape index (κ3) is 5.46. The molecule has 0 heterocycles. The highest BCUT2D eigenvalue weighted by molar-refractivity contribution is 6.31. The van der Waals surface area contributed by atoms with Gasteiger partial charge in [0.05, 0.1) is 12.2 Å². The lowest BCUT2D eigenvalue weighted by Gasteiger charge is -2.17. The fourth-order valence-electron chi connectivity index (χ4n) is 2.61. The topological polar surface area (TPSA) is 74.8 Å². The zero-order chi connectivity index (χ0) is 20.8. The molecule has 9 heteroatoms. The molecule has 2 atom stereocenters. The molecule has 150 valence electrons. The molecule has 0 saturated heterocycles. The van der Waals surface area contributed by atoms with Crippen LogP contribution >= 0.6 is 11.6 Å². The van der Waals surface area contributed by atoms with Crippen molar-refractivity contribution in [2.24, 2.45) is 0 Å². The van der Waals surface area contributed by atoms with E-state index >= 15 is 0 Å². The van der Waals surface area contributed by atoms with Crippen molar-refractivity contribution in [3.8, 4) is 0 Å². The SMILES string of the molecule is C[C@H]([NH2+][C@H](C)C(=O)NCC(=O)Nc1ccc(F)c(F)c1F)c1ccccc1Cl. The summed E-state index contributed by atoms with van der Waals surface area (Å²) in [6.07, 6.45) is 0. The highest BCUT2D eigenvalue weighted by Crippen LogP contribution is 2.20. The number of anilines is 1. The van der Waals surface area contributed by atoms with Gasteiger partial charge in [-0.05, 0) is 32.0 Å². The van der Waals surface area contributed by atoms with E-state index in [1.54, 1.807) is 18.3 Å². The van der Waals surface area contributed by atoms with Gasteiger partial charge in [-0.1, -0.05) is 29.8 Å². The predicted octanol–water partition coefficient (Wildman–Crippen LogP) is 2.53. The van der Waals surface area contributed by atoms with Crippen LogP contribution in [0.4, 0.5) is 18.9 Å². The quantitative estimate of drug-likeness (QED) is 0.609. The molecule has 5 nitrogen and oxygen atoms in total. The molecule has 0 bridgehead atoms. The lowest BCUT2D eigenvalue weighted by molar-refractivity contribution is -0.710. The molecular formula is C19H20ClF3N3O2+. The number of amides is 2. The molecule has 0 unspecified atom stereocenters. The molecule has 0 aliphatic heterocycles. The average Bonchev–Trinajstić information content (AvgIpc) is 2.66. The number of nitrogens with one attached hydrogen (secondary N) is 2. The van der Waals surface area contributed by atoms with Gasteiger partial charge in [0.15, 0.2) is 23.5 Å². The smallest absolute Gasteiger partial charge is 0.278 e. The van der Waals surface area contributed by atoms with Crippen LogP contribution in [0.15, 0.2) is 36.4 Å². The minimum absolute atomic E-state index is 0.0976. The zero-order valence-electron chi connectivity index (χ0n) is 15.2. The lowest BCUT2D eigenvalue weighted by Crippen LogP contribution is -2.92. The summed E-state index contributed by atoms with van der Waals surface area (Å²) in [5, 5.41) is 6.87. The fraction of sp³-hybridized carbons (Fsp3) is 0.263. The molecule has 2 aromatic carbocycles. The van der Waals surface area contributed by atoms with Crippen molar-refractivity contribution >= 4 is 29.1 Å². The Balaban J connectivity index is 1.86. The first kappa shape index (κ1) is 21.7. The fourth-order valence-corrected chi connectivity index (χ4v) is 2.92. The van der Waals surface area contributed by atoms with E-state index < -0.39 is 47.5 Å². The number of nitrogens with two attached hydrogens (primary N) is 1. The number of hydrogen-bond acceptors (Lipinski definition) is 2. The van der Waals surface area contributed by atoms with E-state index in [2.05, 4.69) is 10.6 Å². The van der Waals surface area contributed by atoms with E-state index in [1.165, 1.54) is 0 Å². The van der Waals surface area contributed by atoms with Crippen molar-refractivity contribution in [2.75, 3.05) is 11.9 Å². The van der Waals surface area contributed by atoms with Crippen molar-refractivity contribution in [2.45, 2.75) is 25.9 Å². The Bertz CT molecular complexity index is 879. The van der Waals surface area contributed by atoms with Gasteiger partial charge in [0.1, 0.15) is 6.04 Å². The maximum Gasteiger partial charge on any atom is 0.278 e. The van der Waals surface area contributed by atoms with Gasteiger partial charge in [-0.15, -0.1) is 0 Å². The van der Waals surface area contributed by atoms with Crippen molar-refractivity contribution in [1.82, 2.24) is 5.32 Å². The minimum Gasteiger partial charge on any atom is -0.342 e. The molecule has 2 amide bonds. The van der Waals surface area contributed by atoms with E-state index in [9.17, 15) is 22.8 Å². The predicted molar refractivity (Wildman–Crippen MR) is 99.2 cm³/mol. The summed E-state index contributed by atoms with van der Waals surface area (Å²) in [5.41, 5.74) is 0.362. The number of hydrogen-bond donors (Lipinski definition) is 3. The standard InChI is InChI=1S/C19H19ClF3N3O2/c1-10(12-5-3-4-6-13(12)20)25-11(2)19(28)24-9-16(27)26-15-8-7-14(21)17(22)18(15)23/h3-8,10-11,25H,9H2,1-2H3,(H,24,28)(H,26,27)/p+1/t10-,11+/m0/s1. The van der Waals surface area contributed by atoms with Crippen LogP contribution in [0.3, 0.4) is 0 Å². The Labute approximate surface area is 165 Å². The third-order valence-electron chi connectivity index (χ3n) is 4.12. The molecule has 0 aliphatic rings. The lowest BCUT2D eigenvalue weighted by atomic mass is 10.1. The Morgan fingerprint density at radius 1 is 1.07 bits per heavy atom. The van der Waals surface area contributed by atoms with Crippen molar-refractivity contribution in [1.29, 1.82) is 0 Å². The van der Waals surface area contributed by atoms with E-state index in [1.807, 2.05) is 25.1 Å². The Morgan fingerprint density at radius 3 is 2.43 bits per heavy atom. The number of benzene rings is 2. The maximum absolute atomic E-state index is 13.6. The van der Waals surface area contributed by atoms with E-state index in [-0.39, 0.29) is 6.04 Å². The van der Waals surface area contributed by atoms with Gasteiger partial charge in [0, 0.05) is 10.6 Å². The van der Waals surface area contributed by atoms with Crippen molar-refractivity contribution < 1.29 is 28.1 Å². The highest BCUT2D eigenvalue weighted by atomic mass is 35.5. The van der Waals surface area contributed by atoms with Crippen LogP contribution in [0, 0.1) is 17.5 Å². The van der Waals surface area contributed by atoms with Crippen LogP contribution in [0.2, 0.25) is 5.02 Å². The number of quaternary nitrogens is 1. The first-order valence-corrected chi connectivity index (χ1v) is 8.89. The molecule has 0 aromatic heterocycles. The summed E-state index contributed by atoms with van der Waals surface area (Å²) in [6.45, 7) is 3.11. The van der Waals surface area contributed by atoms with Crippen LogP contribution in [0.1, 0.15) is 25.5 Å². The van der Waals surface area contributed by atoms with Gasteiger partial charge in [0.2, 0.25) is 5.91 Å². The average molecular weight is 415 g/mol. The largest absolute Gasteiger partial charge is 0.342 e. The van der Waals surface area contributed by atoms with E-state index in [0.717, 1.165) is 11.6 Å². The van der Waals surface area contributed by atoms with Crippen LogP contribution in [0.25, 0.3) is 0 Å². The normalized spacial score (nSPS) is 12.9. The summed E-state index contributed by atoms with van der Waals surface area (Å²) >= 11 is 6.14. The van der Waals surface area contributed by atoms with Crippen LogP contribution < -0.4 is 16.0 Å². The zero-order valence-corrected chi connectivity index (χ0v) is 16.0. The summed E-state index contributed by atoms with van der Waals surface area (Å²) in [4.78, 5) is 24.0. The molecule has 0 spiro atoms. The van der Waals surface area contributed by atoms with Crippen LogP contribution in [-0.4, -0.2) is 24.4 Å². The molecule has 2 aromatic rings. The number of rotatable bonds is 7. The van der Waals surface area contributed by atoms with Gasteiger partial charge in [0.25, 0.3) is 5.91 Å². The monoisotopic (exact) mass is 414 g/mol. The first-order chi connectivity index (χ1) is 13.2. The summed E-state index contributed by atoms with van der Waals surface area (Å²) in [6, 6.07) is 8.24. The second kappa shape index (κ2) is 9.57. The first-order valence-electron chi connectivity index (χ1n) is 8.51. The third-order valence-corrected chi connectivity index (χ3v) is 4.46.